The van der Waals surface area contributed by atoms with Crippen molar-refractivity contribution in [2.75, 3.05) is 26.2 Å². The predicted molar refractivity (Wildman–Crippen MR) is 80.5 cm³/mol. The maximum atomic E-state index is 11.4. The Balaban J connectivity index is 1.88. The Labute approximate surface area is 126 Å². The fraction of sp³-hybridized carbons (Fsp3) is 0.357. The van der Waals surface area contributed by atoms with Gasteiger partial charge in [-0.1, -0.05) is 6.07 Å². The van der Waals surface area contributed by atoms with E-state index in [1.807, 2.05) is 18.2 Å². The SMILES string of the molecule is O=C(O)c1nc(-c2ccccn2)sc1CN1CCNCC1. The summed E-state index contributed by atoms with van der Waals surface area (Å²) in [5, 5.41) is 13.3. The number of nitrogens with one attached hydrogen (secondary N) is 1. The lowest BCUT2D eigenvalue weighted by Crippen LogP contribution is -2.42. The van der Waals surface area contributed by atoms with Crippen LogP contribution in [0.3, 0.4) is 0 Å². The molecule has 3 rings (SSSR count). The fourth-order valence-corrected chi connectivity index (χ4v) is 3.37. The standard InChI is InChI=1S/C14H16N4O2S/c19-14(20)12-11(9-18-7-5-15-6-8-18)21-13(17-12)10-3-1-2-4-16-10/h1-4,15H,5-9H2,(H,19,20). The molecule has 1 saturated heterocycles. The highest BCUT2D eigenvalue weighted by molar-refractivity contribution is 7.15. The molecule has 0 saturated carbocycles. The Kier molecular flexibility index (Phi) is 4.23. The molecule has 7 heteroatoms. The van der Waals surface area contributed by atoms with Gasteiger partial charge in [0.1, 0.15) is 5.01 Å². The molecule has 2 aromatic rings. The molecule has 6 nitrogen and oxygen atoms in total. The number of aromatic carboxylic acids is 1. The zero-order chi connectivity index (χ0) is 14.7. The molecule has 2 N–H and O–H groups in total. The average molecular weight is 304 g/mol. The molecule has 0 amide bonds. The summed E-state index contributed by atoms with van der Waals surface area (Å²) in [5.41, 5.74) is 0.871. The minimum absolute atomic E-state index is 0.152. The number of rotatable bonds is 4. The van der Waals surface area contributed by atoms with Crippen molar-refractivity contribution in [1.29, 1.82) is 0 Å². The van der Waals surface area contributed by atoms with Crippen LogP contribution in [0.4, 0.5) is 0 Å². The van der Waals surface area contributed by atoms with Gasteiger partial charge in [0.05, 0.1) is 10.6 Å². The van der Waals surface area contributed by atoms with E-state index in [4.69, 9.17) is 0 Å². The number of aromatic nitrogens is 2. The maximum Gasteiger partial charge on any atom is 0.355 e. The van der Waals surface area contributed by atoms with Crippen LogP contribution in [0.1, 0.15) is 15.4 Å². The Bertz CT molecular complexity index is 623. The van der Waals surface area contributed by atoms with Crippen LogP contribution in [-0.2, 0) is 6.54 Å². The van der Waals surface area contributed by atoms with E-state index in [0.29, 0.717) is 11.6 Å². The molecule has 0 atom stereocenters. The van der Waals surface area contributed by atoms with Gasteiger partial charge in [0.15, 0.2) is 5.69 Å². The third-order valence-corrected chi connectivity index (χ3v) is 4.42. The summed E-state index contributed by atoms with van der Waals surface area (Å²) in [7, 11) is 0. The Morgan fingerprint density at radius 3 is 2.86 bits per heavy atom. The number of carboxylic acids is 1. The van der Waals surface area contributed by atoms with Gasteiger partial charge in [-0.05, 0) is 12.1 Å². The van der Waals surface area contributed by atoms with Crippen molar-refractivity contribution in [2.24, 2.45) is 0 Å². The van der Waals surface area contributed by atoms with Gasteiger partial charge >= 0.3 is 5.97 Å². The average Bonchev–Trinajstić information content (AvgIpc) is 2.93. The smallest absolute Gasteiger partial charge is 0.355 e. The highest BCUT2D eigenvalue weighted by Gasteiger charge is 2.21. The monoisotopic (exact) mass is 304 g/mol. The highest BCUT2D eigenvalue weighted by Crippen LogP contribution is 2.28. The van der Waals surface area contributed by atoms with Crippen LogP contribution in [0.25, 0.3) is 10.7 Å². The second-order valence-electron chi connectivity index (χ2n) is 4.84. The minimum atomic E-state index is -0.974. The summed E-state index contributed by atoms with van der Waals surface area (Å²) in [5.74, 6) is -0.974. The Morgan fingerprint density at radius 2 is 2.19 bits per heavy atom. The molecule has 110 valence electrons. The summed E-state index contributed by atoms with van der Waals surface area (Å²) in [6.07, 6.45) is 1.69. The number of hydrogen-bond donors (Lipinski definition) is 2. The summed E-state index contributed by atoms with van der Waals surface area (Å²) in [4.78, 5) is 22.9. The number of thiazole rings is 1. The summed E-state index contributed by atoms with van der Waals surface area (Å²) in [6.45, 7) is 4.36. The topological polar surface area (TPSA) is 78.3 Å². The lowest BCUT2D eigenvalue weighted by atomic mass is 10.3. The van der Waals surface area contributed by atoms with Crippen molar-refractivity contribution in [1.82, 2.24) is 20.2 Å². The number of piperazine rings is 1. The first-order chi connectivity index (χ1) is 10.2. The number of carbonyl (C=O) groups is 1. The molecule has 2 aromatic heterocycles. The van der Waals surface area contributed by atoms with Crippen LogP contribution in [0.15, 0.2) is 24.4 Å². The van der Waals surface area contributed by atoms with Gasteiger partial charge in [-0.3, -0.25) is 9.88 Å². The van der Waals surface area contributed by atoms with Crippen LogP contribution < -0.4 is 5.32 Å². The first-order valence-corrected chi connectivity index (χ1v) is 7.63. The van der Waals surface area contributed by atoms with E-state index in [1.165, 1.54) is 11.3 Å². The normalized spacial score (nSPS) is 16.0. The Hall–Kier alpha value is -1.83. The molecule has 0 radical (unpaired) electrons. The third kappa shape index (κ3) is 3.26. The van der Waals surface area contributed by atoms with Gasteiger partial charge in [0.2, 0.25) is 0 Å². The number of nitrogens with zero attached hydrogens (tertiary/aromatic N) is 3. The van der Waals surface area contributed by atoms with E-state index in [1.54, 1.807) is 6.20 Å². The van der Waals surface area contributed by atoms with Crippen LogP contribution in [0, 0.1) is 0 Å². The molecule has 0 spiro atoms. The molecule has 1 fully saturated rings. The molecule has 21 heavy (non-hydrogen) atoms. The number of hydrogen-bond acceptors (Lipinski definition) is 6. The molecule has 0 aliphatic carbocycles. The van der Waals surface area contributed by atoms with Crippen LogP contribution in [0.2, 0.25) is 0 Å². The lowest BCUT2D eigenvalue weighted by Gasteiger charge is -2.26. The van der Waals surface area contributed by atoms with E-state index < -0.39 is 5.97 Å². The van der Waals surface area contributed by atoms with Gasteiger partial charge in [0, 0.05) is 38.9 Å². The number of pyridine rings is 1. The Morgan fingerprint density at radius 1 is 1.38 bits per heavy atom. The van der Waals surface area contributed by atoms with Gasteiger partial charge in [-0.2, -0.15) is 0 Å². The van der Waals surface area contributed by atoms with Crippen molar-refractivity contribution < 1.29 is 9.90 Å². The van der Waals surface area contributed by atoms with Crippen LogP contribution in [-0.4, -0.2) is 52.1 Å². The van der Waals surface area contributed by atoms with Gasteiger partial charge < -0.3 is 10.4 Å². The van der Waals surface area contributed by atoms with E-state index in [9.17, 15) is 9.90 Å². The molecular formula is C14H16N4O2S. The minimum Gasteiger partial charge on any atom is -0.476 e. The largest absolute Gasteiger partial charge is 0.476 e. The summed E-state index contributed by atoms with van der Waals surface area (Å²) < 4.78 is 0. The molecule has 1 aliphatic rings. The summed E-state index contributed by atoms with van der Waals surface area (Å²) in [6, 6.07) is 5.55. The number of carboxylic acid groups (broad SMARTS) is 1. The molecule has 0 bridgehead atoms. The van der Waals surface area contributed by atoms with Crippen molar-refractivity contribution >= 4 is 17.3 Å². The first kappa shape index (κ1) is 14.1. The van der Waals surface area contributed by atoms with E-state index in [0.717, 1.165) is 36.8 Å². The van der Waals surface area contributed by atoms with E-state index >= 15 is 0 Å². The molecule has 0 unspecified atom stereocenters. The van der Waals surface area contributed by atoms with Crippen molar-refractivity contribution in [2.45, 2.75) is 6.54 Å². The lowest BCUT2D eigenvalue weighted by molar-refractivity contribution is 0.0689. The van der Waals surface area contributed by atoms with Crippen LogP contribution >= 0.6 is 11.3 Å². The second kappa shape index (κ2) is 6.30. The molecule has 0 aromatic carbocycles. The highest BCUT2D eigenvalue weighted by atomic mass is 32.1. The molecule has 1 aliphatic heterocycles. The van der Waals surface area contributed by atoms with Gasteiger partial charge in [-0.25, -0.2) is 9.78 Å². The van der Waals surface area contributed by atoms with Crippen molar-refractivity contribution in [3.8, 4) is 10.7 Å². The fourth-order valence-electron chi connectivity index (χ4n) is 2.30. The third-order valence-electron chi connectivity index (χ3n) is 3.36. The van der Waals surface area contributed by atoms with Crippen molar-refractivity contribution in [3.05, 3.63) is 35.0 Å². The second-order valence-corrected chi connectivity index (χ2v) is 5.92. The van der Waals surface area contributed by atoms with E-state index in [2.05, 4.69) is 20.2 Å². The zero-order valence-electron chi connectivity index (χ0n) is 11.5. The zero-order valence-corrected chi connectivity index (χ0v) is 12.3. The van der Waals surface area contributed by atoms with Gasteiger partial charge in [-0.15, -0.1) is 11.3 Å². The predicted octanol–water partition coefficient (Wildman–Crippen LogP) is 1.31. The van der Waals surface area contributed by atoms with Crippen LogP contribution in [0.5, 0.6) is 0 Å². The first-order valence-electron chi connectivity index (χ1n) is 6.81. The quantitative estimate of drug-likeness (QED) is 0.887. The van der Waals surface area contributed by atoms with E-state index in [-0.39, 0.29) is 5.69 Å². The molecular weight excluding hydrogens is 288 g/mol. The van der Waals surface area contributed by atoms with Gasteiger partial charge in [0.25, 0.3) is 0 Å². The summed E-state index contributed by atoms with van der Waals surface area (Å²) >= 11 is 1.42. The van der Waals surface area contributed by atoms with Crippen molar-refractivity contribution in [3.63, 3.8) is 0 Å². The maximum absolute atomic E-state index is 11.4. The molecule has 3 heterocycles.